The number of thioether (sulfide) groups is 1. The minimum Gasteiger partial charge on any atom is -0.481 e. The van der Waals surface area contributed by atoms with Crippen molar-refractivity contribution < 1.29 is 45.5 Å². The minimum absolute atomic E-state index is 0.0217. The Morgan fingerprint density at radius 3 is 2.49 bits per heavy atom. The Kier molecular flexibility index (Phi) is 8.07. The predicted molar refractivity (Wildman–Crippen MR) is 135 cm³/mol. The summed E-state index contributed by atoms with van der Waals surface area (Å²) >= 11 is 6.25. The number of para-hydroxylation sites is 1. The summed E-state index contributed by atoms with van der Waals surface area (Å²) in [6.45, 7) is 0.287. The third kappa shape index (κ3) is 6.44. The first-order valence-corrected chi connectivity index (χ1v) is 12.6. The standard InChI is InChI=1S/C25H18F6N2O4S2/c26-24(27,28)16-6-4-5-14-15(12-19(25(29,30)31)32-21(14)16)17-9-8-13(37-17)11-18-22(36)33(23(38)39-18)10-3-1-2-7-20(34)35/h4-6,8-9,11-12H,1-3,7,10H2,(H,34,35). The van der Waals surface area contributed by atoms with Gasteiger partial charge in [-0.3, -0.25) is 14.5 Å². The zero-order valence-electron chi connectivity index (χ0n) is 19.7. The van der Waals surface area contributed by atoms with Gasteiger partial charge in [-0.1, -0.05) is 42.5 Å². The summed E-state index contributed by atoms with van der Waals surface area (Å²) in [5.41, 5.74) is -3.93. The number of unbranched alkanes of at least 4 members (excludes halogenated alkanes) is 2. The molecule has 1 amide bonds. The van der Waals surface area contributed by atoms with Crippen LogP contribution in [-0.2, 0) is 21.9 Å². The molecule has 14 heteroatoms. The lowest BCUT2D eigenvalue weighted by molar-refractivity contribution is -0.142. The molecule has 1 N–H and O–H groups in total. The first-order valence-electron chi connectivity index (χ1n) is 11.4. The molecule has 1 aliphatic heterocycles. The van der Waals surface area contributed by atoms with Crippen molar-refractivity contribution in [3.05, 3.63) is 58.3 Å². The molecular weight excluding hydrogens is 570 g/mol. The zero-order chi connectivity index (χ0) is 28.5. The van der Waals surface area contributed by atoms with Gasteiger partial charge in [0.2, 0.25) is 0 Å². The van der Waals surface area contributed by atoms with E-state index in [1.54, 1.807) is 0 Å². The fraction of sp³-hybridized carbons (Fsp3) is 0.280. The van der Waals surface area contributed by atoms with Crippen molar-refractivity contribution in [2.45, 2.75) is 38.0 Å². The van der Waals surface area contributed by atoms with Gasteiger partial charge < -0.3 is 9.52 Å². The number of hydrogen-bond donors (Lipinski definition) is 1. The smallest absolute Gasteiger partial charge is 0.433 e. The lowest BCUT2D eigenvalue weighted by Gasteiger charge is -2.14. The van der Waals surface area contributed by atoms with Gasteiger partial charge in [-0.2, -0.15) is 26.3 Å². The van der Waals surface area contributed by atoms with Crippen molar-refractivity contribution in [2.24, 2.45) is 0 Å². The molecule has 206 valence electrons. The van der Waals surface area contributed by atoms with Gasteiger partial charge in [-0.25, -0.2) is 4.98 Å². The molecule has 39 heavy (non-hydrogen) atoms. The van der Waals surface area contributed by atoms with E-state index in [0.29, 0.717) is 31.4 Å². The van der Waals surface area contributed by atoms with Gasteiger partial charge in [-0.15, -0.1) is 0 Å². The molecule has 1 saturated heterocycles. The summed E-state index contributed by atoms with van der Waals surface area (Å²) in [6.07, 6.45) is -7.00. The number of fused-ring (bicyclic) bond motifs is 1. The number of carbonyl (C=O) groups is 2. The predicted octanol–water partition coefficient (Wildman–Crippen LogP) is 7.38. The summed E-state index contributed by atoms with van der Waals surface area (Å²) < 4.78 is 87.1. The molecule has 0 aliphatic carbocycles. The van der Waals surface area contributed by atoms with Gasteiger partial charge in [0.15, 0.2) is 0 Å². The van der Waals surface area contributed by atoms with Crippen LogP contribution in [0.15, 0.2) is 45.7 Å². The topological polar surface area (TPSA) is 83.6 Å². The first kappa shape index (κ1) is 28.6. The summed E-state index contributed by atoms with van der Waals surface area (Å²) in [4.78, 5) is 28.2. The number of furan rings is 1. The number of thiocarbonyl (C=S) groups is 1. The van der Waals surface area contributed by atoms with E-state index in [0.717, 1.165) is 17.8 Å². The van der Waals surface area contributed by atoms with Crippen LogP contribution in [-0.4, -0.2) is 37.7 Å². The number of nitrogens with zero attached hydrogens (tertiary/aromatic N) is 2. The second-order valence-electron chi connectivity index (χ2n) is 8.49. The molecule has 3 heterocycles. The summed E-state index contributed by atoms with van der Waals surface area (Å²) in [5, 5.41) is 8.51. The molecule has 0 unspecified atom stereocenters. The molecule has 0 radical (unpaired) electrons. The maximum atomic E-state index is 13.5. The average Bonchev–Trinajstić information content (AvgIpc) is 3.41. The molecule has 0 atom stereocenters. The molecule has 1 aromatic carbocycles. The second kappa shape index (κ2) is 11.0. The van der Waals surface area contributed by atoms with Crippen LogP contribution in [0, 0.1) is 0 Å². The maximum absolute atomic E-state index is 13.5. The Hall–Kier alpha value is -3.39. The van der Waals surface area contributed by atoms with Crippen LogP contribution in [0.3, 0.4) is 0 Å². The molecule has 0 saturated carbocycles. The van der Waals surface area contributed by atoms with E-state index in [-0.39, 0.29) is 44.7 Å². The normalized spacial score (nSPS) is 15.6. The van der Waals surface area contributed by atoms with E-state index in [9.17, 15) is 35.9 Å². The highest BCUT2D eigenvalue weighted by Crippen LogP contribution is 2.41. The number of rotatable bonds is 8. The molecule has 4 rings (SSSR count). The Labute approximate surface area is 226 Å². The maximum Gasteiger partial charge on any atom is 0.433 e. The van der Waals surface area contributed by atoms with E-state index in [1.807, 2.05) is 0 Å². The van der Waals surface area contributed by atoms with Gasteiger partial charge in [-0.05, 0) is 37.1 Å². The number of benzene rings is 1. The fourth-order valence-electron chi connectivity index (χ4n) is 3.95. The lowest BCUT2D eigenvalue weighted by atomic mass is 10.0. The summed E-state index contributed by atoms with van der Waals surface area (Å²) in [6, 6.07) is 6.23. The molecule has 6 nitrogen and oxygen atoms in total. The van der Waals surface area contributed by atoms with E-state index in [4.69, 9.17) is 21.7 Å². The van der Waals surface area contributed by atoms with Gasteiger partial charge in [0.05, 0.1) is 16.0 Å². The van der Waals surface area contributed by atoms with Crippen LogP contribution in [0.5, 0.6) is 0 Å². The number of alkyl halides is 6. The van der Waals surface area contributed by atoms with Crippen LogP contribution >= 0.6 is 24.0 Å². The number of amides is 1. The van der Waals surface area contributed by atoms with Gasteiger partial charge in [0.1, 0.15) is 21.5 Å². The Morgan fingerprint density at radius 2 is 1.82 bits per heavy atom. The number of pyridine rings is 1. The largest absolute Gasteiger partial charge is 0.481 e. The van der Waals surface area contributed by atoms with Crippen molar-refractivity contribution in [2.75, 3.05) is 6.54 Å². The molecular formula is C25H18F6N2O4S2. The van der Waals surface area contributed by atoms with Crippen molar-refractivity contribution in [1.82, 2.24) is 9.88 Å². The van der Waals surface area contributed by atoms with Crippen LogP contribution in [0.4, 0.5) is 26.3 Å². The monoisotopic (exact) mass is 588 g/mol. The number of carboxylic acid groups (broad SMARTS) is 1. The highest BCUT2D eigenvalue weighted by Gasteiger charge is 2.38. The van der Waals surface area contributed by atoms with E-state index < -0.39 is 41.0 Å². The lowest BCUT2D eigenvalue weighted by Crippen LogP contribution is -2.29. The molecule has 1 fully saturated rings. The quantitative estimate of drug-likeness (QED) is 0.127. The Balaban J connectivity index is 1.63. The molecule has 1 aliphatic rings. The number of carboxylic acids is 1. The van der Waals surface area contributed by atoms with E-state index in [1.165, 1.54) is 29.2 Å². The van der Waals surface area contributed by atoms with Crippen molar-refractivity contribution in [3.63, 3.8) is 0 Å². The van der Waals surface area contributed by atoms with Gasteiger partial charge in [0.25, 0.3) is 5.91 Å². The van der Waals surface area contributed by atoms with Crippen molar-refractivity contribution in [1.29, 1.82) is 0 Å². The van der Waals surface area contributed by atoms with Gasteiger partial charge >= 0.3 is 18.3 Å². The highest BCUT2D eigenvalue weighted by molar-refractivity contribution is 8.26. The fourth-order valence-corrected chi connectivity index (χ4v) is 5.24. The van der Waals surface area contributed by atoms with Crippen molar-refractivity contribution in [3.8, 4) is 11.3 Å². The van der Waals surface area contributed by atoms with Gasteiger partial charge in [0, 0.05) is 30.0 Å². The number of halogens is 6. The van der Waals surface area contributed by atoms with Crippen LogP contribution in [0.1, 0.15) is 42.7 Å². The molecule has 3 aromatic rings. The molecule has 0 spiro atoms. The summed E-state index contributed by atoms with van der Waals surface area (Å²) in [5.74, 6) is -1.38. The molecule has 0 bridgehead atoms. The third-order valence-electron chi connectivity index (χ3n) is 5.75. The number of carbonyl (C=O) groups excluding carboxylic acids is 1. The van der Waals surface area contributed by atoms with Crippen LogP contribution in [0.2, 0.25) is 0 Å². The van der Waals surface area contributed by atoms with Crippen molar-refractivity contribution >= 4 is 57.2 Å². The number of aromatic nitrogens is 1. The highest BCUT2D eigenvalue weighted by atomic mass is 32.2. The van der Waals surface area contributed by atoms with E-state index in [2.05, 4.69) is 4.98 Å². The Bertz CT molecular complexity index is 1480. The van der Waals surface area contributed by atoms with Crippen LogP contribution in [0.25, 0.3) is 28.3 Å². The van der Waals surface area contributed by atoms with E-state index >= 15 is 0 Å². The number of aliphatic carboxylic acids is 1. The second-order valence-corrected chi connectivity index (χ2v) is 10.2. The Morgan fingerprint density at radius 1 is 1.08 bits per heavy atom. The van der Waals surface area contributed by atoms with Crippen LogP contribution < -0.4 is 0 Å². The number of hydrogen-bond acceptors (Lipinski definition) is 6. The molecule has 2 aromatic heterocycles. The third-order valence-corrected chi connectivity index (χ3v) is 7.12. The average molecular weight is 589 g/mol. The SMILES string of the molecule is O=C(O)CCCCCN1C(=O)C(=Cc2ccc(-c3cc(C(F)(F)F)nc4c(C(F)(F)F)cccc34)o2)SC1=S. The minimum atomic E-state index is -5.02. The summed E-state index contributed by atoms with van der Waals surface area (Å²) in [7, 11) is 0. The zero-order valence-corrected chi connectivity index (χ0v) is 21.4. The first-order chi connectivity index (χ1) is 18.3.